The lowest BCUT2D eigenvalue weighted by molar-refractivity contribution is -0.137. The molecule has 0 spiro atoms. The molecule has 3 nitrogen and oxygen atoms in total. The smallest absolute Gasteiger partial charge is 0.222 e. The zero-order valence-electron chi connectivity index (χ0n) is 10.5. The van der Waals surface area contributed by atoms with Crippen LogP contribution < -0.4 is 0 Å². The van der Waals surface area contributed by atoms with Crippen LogP contribution in [0.2, 0.25) is 0 Å². The highest BCUT2D eigenvalue weighted by atomic mass is 16.2. The number of ketones is 1. The average Bonchev–Trinajstić information content (AvgIpc) is 2.27. The van der Waals surface area contributed by atoms with Gasteiger partial charge in [0.1, 0.15) is 0 Å². The molecule has 1 aliphatic rings. The Bertz CT molecular complexity index is 248. The Hall–Kier alpha value is -0.860. The second-order valence-electron chi connectivity index (χ2n) is 4.76. The maximum Gasteiger partial charge on any atom is 0.222 e. The molecule has 0 aromatic rings. The molecule has 0 aromatic heterocycles. The first-order valence-corrected chi connectivity index (χ1v) is 6.45. The third kappa shape index (κ3) is 3.95. The largest absolute Gasteiger partial charge is 0.335 e. The van der Waals surface area contributed by atoms with E-state index >= 15 is 0 Å². The van der Waals surface area contributed by atoms with Gasteiger partial charge in [-0.05, 0) is 19.3 Å². The summed E-state index contributed by atoms with van der Waals surface area (Å²) in [6.45, 7) is 5.05. The predicted octanol–water partition coefficient (Wildman–Crippen LogP) is 2.39. The van der Waals surface area contributed by atoms with Crippen molar-refractivity contribution in [3.05, 3.63) is 0 Å². The Morgan fingerprint density at radius 3 is 2.69 bits per heavy atom. The number of Topliss-reactive ketones (excluding diaryl/α,β-unsaturated/α-hetero) is 1. The summed E-state index contributed by atoms with van der Waals surface area (Å²) in [6.07, 6.45) is 5.83. The lowest BCUT2D eigenvalue weighted by Gasteiger charge is -2.25. The number of amides is 1. The Labute approximate surface area is 98.2 Å². The van der Waals surface area contributed by atoms with Crippen LogP contribution in [0.3, 0.4) is 0 Å². The van der Waals surface area contributed by atoms with Crippen LogP contribution in [0.25, 0.3) is 0 Å². The minimum Gasteiger partial charge on any atom is -0.335 e. The number of carbonyl (C=O) groups is 2. The minimum atomic E-state index is 0.0817. The summed E-state index contributed by atoms with van der Waals surface area (Å²) < 4.78 is 0. The lowest BCUT2D eigenvalue weighted by Crippen LogP contribution is -2.38. The molecule has 1 atom stereocenters. The Balaban J connectivity index is 2.48. The second kappa shape index (κ2) is 6.66. The Morgan fingerprint density at radius 1 is 1.31 bits per heavy atom. The number of likely N-dealkylation sites (tertiary alicyclic amines) is 1. The second-order valence-corrected chi connectivity index (χ2v) is 4.76. The van der Waals surface area contributed by atoms with Crippen molar-refractivity contribution in [2.24, 2.45) is 5.92 Å². The van der Waals surface area contributed by atoms with Gasteiger partial charge in [-0.1, -0.05) is 26.7 Å². The standard InChI is InChI=1S/C13H23NO2/c1-3-11(2)12(15)10-14-9-7-5-4-6-8-13(14)16/h11H,3-10H2,1-2H3. The zero-order chi connectivity index (χ0) is 12.0. The maximum atomic E-state index is 11.8. The molecule has 1 heterocycles. The fourth-order valence-electron chi connectivity index (χ4n) is 1.95. The van der Waals surface area contributed by atoms with E-state index in [2.05, 4.69) is 0 Å². The summed E-state index contributed by atoms with van der Waals surface area (Å²) in [7, 11) is 0. The maximum absolute atomic E-state index is 11.8. The normalized spacial score (nSPS) is 20.1. The van der Waals surface area contributed by atoms with E-state index < -0.39 is 0 Å². The fraction of sp³-hybridized carbons (Fsp3) is 0.846. The van der Waals surface area contributed by atoms with E-state index in [0.29, 0.717) is 13.0 Å². The summed E-state index contributed by atoms with van der Waals surface area (Å²) in [6, 6.07) is 0. The van der Waals surface area contributed by atoms with Gasteiger partial charge in [-0.25, -0.2) is 0 Å². The van der Waals surface area contributed by atoms with E-state index in [1.54, 1.807) is 4.90 Å². The van der Waals surface area contributed by atoms with E-state index in [4.69, 9.17) is 0 Å². The molecule has 0 N–H and O–H groups in total. The number of carbonyl (C=O) groups excluding carboxylic acids is 2. The van der Waals surface area contributed by atoms with Crippen molar-refractivity contribution in [1.29, 1.82) is 0 Å². The summed E-state index contributed by atoms with van der Waals surface area (Å²) in [5.41, 5.74) is 0. The summed E-state index contributed by atoms with van der Waals surface area (Å²) in [5, 5.41) is 0. The molecule has 0 bridgehead atoms. The molecular formula is C13H23NO2. The molecule has 1 unspecified atom stereocenters. The van der Waals surface area contributed by atoms with Crippen LogP contribution in [0.4, 0.5) is 0 Å². The van der Waals surface area contributed by atoms with Crippen molar-refractivity contribution in [3.8, 4) is 0 Å². The van der Waals surface area contributed by atoms with Gasteiger partial charge in [0.05, 0.1) is 6.54 Å². The number of rotatable bonds is 4. The van der Waals surface area contributed by atoms with Crippen LogP contribution in [0, 0.1) is 5.92 Å². The van der Waals surface area contributed by atoms with Gasteiger partial charge in [-0.2, -0.15) is 0 Å². The molecule has 92 valence electrons. The van der Waals surface area contributed by atoms with Gasteiger partial charge in [0.15, 0.2) is 5.78 Å². The molecule has 1 fully saturated rings. The molecule has 3 heteroatoms. The fourth-order valence-corrected chi connectivity index (χ4v) is 1.95. The van der Waals surface area contributed by atoms with Crippen molar-refractivity contribution in [2.75, 3.05) is 13.1 Å². The van der Waals surface area contributed by atoms with Crippen LogP contribution >= 0.6 is 0 Å². The van der Waals surface area contributed by atoms with Crippen molar-refractivity contribution < 1.29 is 9.59 Å². The first kappa shape index (κ1) is 13.2. The van der Waals surface area contributed by atoms with Crippen LogP contribution in [-0.4, -0.2) is 29.7 Å². The zero-order valence-corrected chi connectivity index (χ0v) is 10.5. The van der Waals surface area contributed by atoms with Gasteiger partial charge in [-0.3, -0.25) is 9.59 Å². The first-order chi connectivity index (χ1) is 7.65. The van der Waals surface area contributed by atoms with Crippen LogP contribution in [-0.2, 0) is 9.59 Å². The van der Waals surface area contributed by atoms with Gasteiger partial charge in [-0.15, -0.1) is 0 Å². The molecule has 1 saturated heterocycles. The molecule has 16 heavy (non-hydrogen) atoms. The number of hydrogen-bond donors (Lipinski definition) is 0. The molecular weight excluding hydrogens is 202 g/mol. The van der Waals surface area contributed by atoms with Gasteiger partial charge >= 0.3 is 0 Å². The van der Waals surface area contributed by atoms with Crippen molar-refractivity contribution >= 4 is 11.7 Å². The lowest BCUT2D eigenvalue weighted by atomic mass is 10.0. The molecule has 1 rings (SSSR count). The van der Waals surface area contributed by atoms with Crippen LogP contribution in [0.1, 0.15) is 52.4 Å². The van der Waals surface area contributed by atoms with E-state index in [0.717, 1.165) is 32.2 Å². The molecule has 1 aliphatic heterocycles. The van der Waals surface area contributed by atoms with E-state index in [1.807, 2.05) is 13.8 Å². The van der Waals surface area contributed by atoms with Gasteiger partial charge in [0.2, 0.25) is 5.91 Å². The van der Waals surface area contributed by atoms with Crippen LogP contribution in [0.5, 0.6) is 0 Å². The third-order valence-corrected chi connectivity index (χ3v) is 3.43. The Kier molecular flexibility index (Phi) is 5.50. The van der Waals surface area contributed by atoms with E-state index in [-0.39, 0.29) is 17.6 Å². The average molecular weight is 225 g/mol. The highest BCUT2D eigenvalue weighted by Gasteiger charge is 2.20. The summed E-state index contributed by atoms with van der Waals surface area (Å²) in [5.74, 6) is 0.450. The highest BCUT2D eigenvalue weighted by Crippen LogP contribution is 2.13. The SMILES string of the molecule is CCC(C)C(=O)CN1CCCCCCC1=O. The van der Waals surface area contributed by atoms with Crippen molar-refractivity contribution in [2.45, 2.75) is 52.4 Å². The van der Waals surface area contributed by atoms with Gasteiger partial charge in [0, 0.05) is 18.9 Å². The third-order valence-electron chi connectivity index (χ3n) is 3.43. The molecule has 0 radical (unpaired) electrons. The molecule has 0 aliphatic carbocycles. The first-order valence-electron chi connectivity index (χ1n) is 6.45. The van der Waals surface area contributed by atoms with Gasteiger partial charge in [0.25, 0.3) is 0 Å². The summed E-state index contributed by atoms with van der Waals surface area (Å²) in [4.78, 5) is 25.3. The van der Waals surface area contributed by atoms with Gasteiger partial charge < -0.3 is 4.90 Å². The molecule has 1 amide bonds. The van der Waals surface area contributed by atoms with E-state index in [1.165, 1.54) is 6.42 Å². The Morgan fingerprint density at radius 2 is 2.00 bits per heavy atom. The number of nitrogens with zero attached hydrogens (tertiary/aromatic N) is 1. The quantitative estimate of drug-likeness (QED) is 0.736. The molecule has 0 aromatic carbocycles. The van der Waals surface area contributed by atoms with E-state index in [9.17, 15) is 9.59 Å². The molecule has 0 saturated carbocycles. The van der Waals surface area contributed by atoms with Crippen LogP contribution in [0.15, 0.2) is 0 Å². The van der Waals surface area contributed by atoms with Crippen molar-refractivity contribution in [3.63, 3.8) is 0 Å². The number of hydrogen-bond acceptors (Lipinski definition) is 2. The predicted molar refractivity (Wildman–Crippen MR) is 64.1 cm³/mol. The summed E-state index contributed by atoms with van der Waals surface area (Å²) >= 11 is 0. The monoisotopic (exact) mass is 225 g/mol. The minimum absolute atomic E-state index is 0.0817. The topological polar surface area (TPSA) is 37.4 Å². The highest BCUT2D eigenvalue weighted by molar-refractivity contribution is 5.87. The van der Waals surface area contributed by atoms with Crippen molar-refractivity contribution in [1.82, 2.24) is 4.90 Å².